The molecule has 1 fully saturated rings. The molecule has 4 nitrogen and oxygen atoms in total. The van der Waals surface area contributed by atoms with Crippen molar-refractivity contribution in [2.75, 3.05) is 19.8 Å². The Morgan fingerprint density at radius 3 is 1.60 bits per heavy atom. The van der Waals surface area contributed by atoms with Crippen LogP contribution in [0, 0.1) is 13.8 Å². The first kappa shape index (κ1) is 25.0. The Bertz CT molecular complexity index is 847. The third-order valence-corrected chi connectivity index (χ3v) is 10.2. The van der Waals surface area contributed by atoms with Gasteiger partial charge in [0.25, 0.3) is 0 Å². The summed E-state index contributed by atoms with van der Waals surface area (Å²) in [6.45, 7) is 7.97. The van der Waals surface area contributed by atoms with Crippen LogP contribution in [0.2, 0.25) is 0 Å². The Labute approximate surface area is 210 Å². The van der Waals surface area contributed by atoms with Gasteiger partial charge in [0.05, 0.1) is 6.67 Å². The molecule has 1 aliphatic heterocycles. The average Bonchev–Trinajstić information content (AvgIpc) is 2.68. The molecule has 2 N–H and O–H groups in total. The fourth-order valence-corrected chi connectivity index (χ4v) is 6.70. The number of halogens is 2. The zero-order chi connectivity index (χ0) is 22.0. The van der Waals surface area contributed by atoms with E-state index >= 15 is 0 Å². The molecule has 2 aromatic rings. The summed E-state index contributed by atoms with van der Waals surface area (Å²) >= 11 is 4.52. The molecule has 0 bridgehead atoms. The number of hydrogen-bond acceptors (Lipinski definition) is 4. The smallest absolute Gasteiger partial charge is 0.129 e. The highest BCUT2D eigenvalue weighted by atomic mass is 127. The van der Waals surface area contributed by atoms with Crippen LogP contribution in [0.25, 0.3) is 0 Å². The Hall–Kier alpha value is 0.410. The molecule has 4 radical (unpaired) electrons. The molecule has 0 amide bonds. The number of rotatable bonds is 6. The van der Waals surface area contributed by atoms with Gasteiger partial charge in [-0.1, -0.05) is 55.0 Å². The van der Waals surface area contributed by atoms with Gasteiger partial charge in [-0.15, -0.1) is 0 Å². The van der Waals surface area contributed by atoms with Crippen molar-refractivity contribution in [2.45, 2.75) is 33.4 Å². The predicted octanol–water partition coefficient (Wildman–Crippen LogP) is 4.46. The van der Waals surface area contributed by atoms with Crippen LogP contribution < -0.4 is 10.6 Å². The lowest BCUT2D eigenvalue weighted by Gasteiger charge is -2.36. The summed E-state index contributed by atoms with van der Waals surface area (Å²) < 4.78 is 0. The molecule has 0 saturated carbocycles. The second kappa shape index (κ2) is 11.0. The molecule has 10 heteroatoms. The zero-order valence-corrected chi connectivity index (χ0v) is 23.2. The van der Waals surface area contributed by atoms with Crippen molar-refractivity contribution in [3.63, 3.8) is 0 Å². The molecule has 156 valence electrons. The third kappa shape index (κ3) is 6.26. The largest absolute Gasteiger partial charge is 0.507 e. The molecule has 0 spiro atoms. The van der Waals surface area contributed by atoms with Gasteiger partial charge in [0.1, 0.15) is 26.6 Å². The van der Waals surface area contributed by atoms with E-state index in [1.54, 1.807) is 0 Å². The minimum absolute atomic E-state index is 0.364. The van der Waals surface area contributed by atoms with Crippen LogP contribution in [0.15, 0.2) is 24.3 Å². The SMILES string of the molecule is [B]P(I)c1cc(C)c(O)c(CN2CCCN(Cc3cc(P([B])I)cc(C)c3O)C2)c1. The molecule has 3 rings (SSSR count). The van der Waals surface area contributed by atoms with Gasteiger partial charge < -0.3 is 10.2 Å². The number of aryl methyl sites for hydroxylation is 2. The minimum atomic E-state index is -0.728. The predicted molar refractivity (Wildman–Crippen MR) is 149 cm³/mol. The fraction of sp³-hybridized carbons (Fsp3) is 0.400. The number of benzene rings is 2. The van der Waals surface area contributed by atoms with E-state index in [1.165, 1.54) is 0 Å². The topological polar surface area (TPSA) is 46.9 Å². The van der Waals surface area contributed by atoms with Crippen LogP contribution in [-0.2, 0) is 13.1 Å². The van der Waals surface area contributed by atoms with Crippen LogP contribution in [0.5, 0.6) is 11.5 Å². The second-order valence-electron chi connectivity index (χ2n) is 7.76. The average molecular weight is 662 g/mol. The van der Waals surface area contributed by atoms with Gasteiger partial charge in [-0.05, 0) is 66.3 Å². The number of phenols is 2. The van der Waals surface area contributed by atoms with Gasteiger partial charge in [-0.2, -0.15) is 0 Å². The van der Waals surface area contributed by atoms with E-state index in [9.17, 15) is 10.2 Å². The van der Waals surface area contributed by atoms with Crippen molar-refractivity contribution in [1.29, 1.82) is 0 Å². The number of hydrogen-bond donors (Lipinski definition) is 2. The van der Waals surface area contributed by atoms with Crippen LogP contribution in [0.3, 0.4) is 0 Å². The summed E-state index contributed by atoms with van der Waals surface area (Å²) in [5, 5.41) is 23.3. The van der Waals surface area contributed by atoms with Gasteiger partial charge >= 0.3 is 0 Å². The molecule has 2 atom stereocenters. The normalized spacial score (nSPS) is 17.7. The van der Waals surface area contributed by atoms with Gasteiger partial charge in [0.15, 0.2) is 0 Å². The van der Waals surface area contributed by atoms with Crippen molar-refractivity contribution in [3.8, 4) is 11.5 Å². The maximum Gasteiger partial charge on any atom is 0.129 e. The lowest BCUT2D eigenvalue weighted by Crippen LogP contribution is -2.44. The highest BCUT2D eigenvalue weighted by molar-refractivity contribution is 14.2. The molecular formula is C20H24B2I2N2O2P2. The highest BCUT2D eigenvalue weighted by Crippen LogP contribution is 2.40. The van der Waals surface area contributed by atoms with E-state index < -0.39 is 10.9 Å². The maximum atomic E-state index is 10.6. The van der Waals surface area contributed by atoms with Gasteiger partial charge in [-0.3, -0.25) is 9.80 Å². The monoisotopic (exact) mass is 662 g/mol. The Balaban J connectivity index is 1.74. The third-order valence-electron chi connectivity index (χ3n) is 5.36. The number of nitrogens with zero attached hydrogens (tertiary/aromatic N) is 2. The highest BCUT2D eigenvalue weighted by Gasteiger charge is 2.21. The van der Waals surface area contributed by atoms with Crippen LogP contribution >= 0.6 is 55.0 Å². The summed E-state index contributed by atoms with van der Waals surface area (Å²) in [5.41, 5.74) is 2.16. The summed E-state index contributed by atoms with van der Waals surface area (Å²) in [4.78, 5) is 4.69. The Morgan fingerprint density at radius 1 is 0.833 bits per heavy atom. The van der Waals surface area contributed by atoms with E-state index in [2.05, 4.69) is 53.9 Å². The molecule has 1 heterocycles. The summed E-state index contributed by atoms with van der Waals surface area (Å²) in [6, 6.07) is 8.05. The summed E-state index contributed by atoms with van der Waals surface area (Å²) in [7, 11) is 12.2. The lowest BCUT2D eigenvalue weighted by molar-refractivity contribution is 0.0735. The van der Waals surface area contributed by atoms with Crippen molar-refractivity contribution >= 4 is 80.7 Å². The molecule has 0 aliphatic carbocycles. The first-order valence-electron chi connectivity index (χ1n) is 9.66. The number of aromatic hydroxyl groups is 2. The van der Waals surface area contributed by atoms with E-state index in [4.69, 9.17) is 15.1 Å². The van der Waals surface area contributed by atoms with E-state index in [-0.39, 0.29) is 0 Å². The van der Waals surface area contributed by atoms with Crippen LogP contribution in [0.4, 0.5) is 0 Å². The molecule has 30 heavy (non-hydrogen) atoms. The minimum Gasteiger partial charge on any atom is -0.507 e. The van der Waals surface area contributed by atoms with Gasteiger partial charge in [0.2, 0.25) is 0 Å². The standard InChI is InChI=1S/C20H24B2I2N2O2P2/c1-13-6-17(29(21)23)8-15(19(13)27)10-25-4-3-5-26(12-25)11-16-9-18(30(22)24)7-14(2)20(16)28/h6-9,27-28H,3-5,10-12H2,1-2H3. The van der Waals surface area contributed by atoms with Crippen LogP contribution in [0.1, 0.15) is 28.7 Å². The van der Waals surface area contributed by atoms with Crippen LogP contribution in [-0.4, -0.2) is 54.9 Å². The Kier molecular flexibility index (Phi) is 9.20. The van der Waals surface area contributed by atoms with E-state index in [0.29, 0.717) is 24.6 Å². The zero-order valence-electron chi connectivity index (χ0n) is 17.1. The maximum absolute atomic E-state index is 10.6. The lowest BCUT2D eigenvalue weighted by atomic mass is 10.1. The van der Waals surface area contributed by atoms with E-state index in [0.717, 1.165) is 59.0 Å². The quantitative estimate of drug-likeness (QED) is 0.273. The molecule has 1 saturated heterocycles. The van der Waals surface area contributed by atoms with Crippen molar-refractivity contribution < 1.29 is 10.2 Å². The molecule has 0 aromatic heterocycles. The Morgan fingerprint density at radius 2 is 1.23 bits per heavy atom. The molecular weight excluding hydrogens is 638 g/mol. The summed E-state index contributed by atoms with van der Waals surface area (Å²) in [5.74, 6) is 0.729. The number of phenolic OH excluding ortho intramolecular Hbond substituents is 2. The molecule has 2 unspecified atom stereocenters. The first-order valence-corrected chi connectivity index (χ1v) is 18.1. The van der Waals surface area contributed by atoms with Crippen molar-refractivity contribution in [1.82, 2.24) is 9.80 Å². The van der Waals surface area contributed by atoms with Crippen molar-refractivity contribution in [3.05, 3.63) is 46.5 Å². The second-order valence-corrected chi connectivity index (χ2v) is 16.3. The fourth-order valence-electron chi connectivity index (χ4n) is 3.83. The first-order chi connectivity index (χ1) is 14.2. The van der Waals surface area contributed by atoms with Gasteiger partial charge in [-0.25, -0.2) is 0 Å². The molecule has 1 aliphatic rings. The van der Waals surface area contributed by atoms with E-state index in [1.807, 2.05) is 38.1 Å². The van der Waals surface area contributed by atoms with Crippen molar-refractivity contribution in [2.24, 2.45) is 0 Å². The van der Waals surface area contributed by atoms with Gasteiger partial charge in [0, 0.05) is 37.3 Å². The summed E-state index contributed by atoms with van der Waals surface area (Å²) in [6.07, 6.45) is 1.05. The molecule has 2 aromatic carbocycles.